The van der Waals surface area contributed by atoms with Crippen LogP contribution in [0.5, 0.6) is 5.75 Å². The van der Waals surface area contributed by atoms with E-state index in [0.717, 1.165) is 26.6 Å². The largest absolute Gasteiger partial charge is 0.495 e. The van der Waals surface area contributed by atoms with E-state index in [-0.39, 0.29) is 46.3 Å². The second kappa shape index (κ2) is 16.0. The topological polar surface area (TPSA) is 96.0 Å². The van der Waals surface area contributed by atoms with Gasteiger partial charge >= 0.3 is 0 Å². The van der Waals surface area contributed by atoms with Gasteiger partial charge in [-0.25, -0.2) is 8.42 Å². The Labute approximate surface area is 283 Å². The zero-order valence-corrected chi connectivity index (χ0v) is 29.0. The van der Waals surface area contributed by atoms with Gasteiger partial charge in [-0.05, 0) is 68.7 Å². The van der Waals surface area contributed by atoms with Crippen molar-refractivity contribution in [1.82, 2.24) is 10.2 Å². The molecule has 1 N–H and O–H groups in total. The van der Waals surface area contributed by atoms with Gasteiger partial charge in [0, 0.05) is 24.0 Å². The van der Waals surface area contributed by atoms with E-state index in [9.17, 15) is 18.0 Å². The summed E-state index contributed by atoms with van der Waals surface area (Å²) in [5.74, 6) is -0.666. The molecule has 0 spiro atoms. The summed E-state index contributed by atoms with van der Waals surface area (Å²) in [5.41, 5.74) is 3.65. The number of anilines is 1. The molecule has 4 rings (SSSR count). The van der Waals surface area contributed by atoms with Gasteiger partial charge in [0.1, 0.15) is 18.3 Å². The fourth-order valence-corrected chi connectivity index (χ4v) is 6.79. The summed E-state index contributed by atoms with van der Waals surface area (Å²) in [6, 6.07) is 27.1. The monoisotopic (exact) mass is 675 g/mol. The number of amides is 2. The molecule has 2 atom stereocenters. The summed E-state index contributed by atoms with van der Waals surface area (Å²) in [6.45, 7) is 7.16. The molecule has 0 aliphatic heterocycles. The van der Waals surface area contributed by atoms with Crippen molar-refractivity contribution in [2.45, 2.75) is 64.1 Å². The molecule has 0 heterocycles. The molecular weight excluding hydrogens is 634 g/mol. The number of carbonyl (C=O) groups is 2. The minimum Gasteiger partial charge on any atom is -0.495 e. The number of carbonyl (C=O) groups excluding carboxylic acids is 2. The molecular formula is C37H42ClN3O5S. The average Bonchev–Trinajstić information content (AvgIpc) is 3.05. The molecule has 0 radical (unpaired) electrons. The molecule has 2 amide bonds. The number of ether oxygens (including phenoxy) is 1. The Bertz CT molecular complexity index is 1780. The first-order valence-corrected chi connectivity index (χ1v) is 17.4. The zero-order chi connectivity index (χ0) is 34.1. The number of nitrogens with zero attached hydrogens (tertiary/aromatic N) is 2. The van der Waals surface area contributed by atoms with Gasteiger partial charge < -0.3 is 15.0 Å². The quantitative estimate of drug-likeness (QED) is 0.160. The van der Waals surface area contributed by atoms with E-state index in [0.29, 0.717) is 6.42 Å². The maximum absolute atomic E-state index is 14.7. The van der Waals surface area contributed by atoms with Gasteiger partial charge in [-0.15, -0.1) is 0 Å². The van der Waals surface area contributed by atoms with Crippen molar-refractivity contribution in [2.24, 2.45) is 0 Å². The molecule has 0 aliphatic rings. The lowest BCUT2D eigenvalue weighted by Crippen LogP contribution is -2.54. The van der Waals surface area contributed by atoms with Crippen LogP contribution in [0.3, 0.4) is 0 Å². The van der Waals surface area contributed by atoms with Crippen LogP contribution in [0.1, 0.15) is 42.5 Å². The van der Waals surface area contributed by atoms with Crippen LogP contribution in [0.25, 0.3) is 0 Å². The number of benzene rings is 4. The lowest BCUT2D eigenvalue weighted by atomic mass is 10.0. The number of hydrogen-bond acceptors (Lipinski definition) is 5. The molecule has 0 unspecified atom stereocenters. The highest BCUT2D eigenvalue weighted by Crippen LogP contribution is 2.35. The van der Waals surface area contributed by atoms with Crippen molar-refractivity contribution in [3.63, 3.8) is 0 Å². The fourth-order valence-electron chi connectivity index (χ4n) is 5.21. The maximum atomic E-state index is 14.7. The van der Waals surface area contributed by atoms with Crippen LogP contribution < -0.4 is 14.4 Å². The van der Waals surface area contributed by atoms with Gasteiger partial charge in [0.05, 0.1) is 17.7 Å². The molecule has 0 saturated heterocycles. The van der Waals surface area contributed by atoms with Crippen molar-refractivity contribution < 1.29 is 22.7 Å². The van der Waals surface area contributed by atoms with Gasteiger partial charge in [-0.1, -0.05) is 96.4 Å². The number of aryl methyl sites for hydroxylation is 2. The standard InChI is InChI=1S/C37H42ClN3O5S/c1-6-28(4)39-37(43)34(22-29-12-8-7-9-13-29)40(24-30-14-10-11-27(3)21-30)36(42)25-41(33-23-31(38)17-20-35(33)46-5)47(44,45)32-18-15-26(2)16-19-32/h7-21,23,28,34H,6,22,24-25H2,1-5H3,(H,39,43)/t28-,34-/m1/s1. The Morgan fingerprint density at radius 3 is 2.19 bits per heavy atom. The molecule has 0 saturated carbocycles. The first-order valence-electron chi connectivity index (χ1n) is 15.5. The number of halogens is 1. The molecule has 0 aromatic heterocycles. The Morgan fingerprint density at radius 1 is 0.872 bits per heavy atom. The van der Waals surface area contributed by atoms with Crippen molar-refractivity contribution in [3.8, 4) is 5.75 Å². The molecule has 4 aromatic carbocycles. The Morgan fingerprint density at radius 2 is 1.55 bits per heavy atom. The van der Waals surface area contributed by atoms with Crippen LogP contribution in [0, 0.1) is 13.8 Å². The minimum absolute atomic E-state index is 0.00138. The normalized spacial score (nSPS) is 12.6. The lowest BCUT2D eigenvalue weighted by Gasteiger charge is -2.34. The third-order valence-corrected chi connectivity index (χ3v) is 10.0. The van der Waals surface area contributed by atoms with E-state index < -0.39 is 28.5 Å². The van der Waals surface area contributed by atoms with E-state index in [1.807, 2.05) is 82.3 Å². The van der Waals surface area contributed by atoms with E-state index in [4.69, 9.17) is 16.3 Å². The molecule has 8 nitrogen and oxygen atoms in total. The Balaban J connectivity index is 1.86. The molecule has 248 valence electrons. The predicted octanol–water partition coefficient (Wildman–Crippen LogP) is 6.72. The summed E-state index contributed by atoms with van der Waals surface area (Å²) in [6.07, 6.45) is 0.929. The Kier molecular flexibility index (Phi) is 12.1. The summed E-state index contributed by atoms with van der Waals surface area (Å²) >= 11 is 6.38. The van der Waals surface area contributed by atoms with Gasteiger partial charge in [-0.2, -0.15) is 0 Å². The highest BCUT2D eigenvalue weighted by atomic mass is 35.5. The van der Waals surface area contributed by atoms with E-state index in [1.54, 1.807) is 24.3 Å². The van der Waals surface area contributed by atoms with Crippen LogP contribution in [0.2, 0.25) is 5.02 Å². The van der Waals surface area contributed by atoms with Crippen LogP contribution in [-0.4, -0.2) is 50.9 Å². The van der Waals surface area contributed by atoms with Crippen molar-refractivity contribution >= 4 is 39.1 Å². The molecule has 47 heavy (non-hydrogen) atoms. The van der Waals surface area contributed by atoms with Crippen molar-refractivity contribution in [2.75, 3.05) is 18.0 Å². The number of nitrogens with one attached hydrogen (secondary N) is 1. The smallest absolute Gasteiger partial charge is 0.264 e. The lowest BCUT2D eigenvalue weighted by molar-refractivity contribution is -0.140. The average molecular weight is 676 g/mol. The number of methoxy groups -OCH3 is 1. The first kappa shape index (κ1) is 35.5. The van der Waals surface area contributed by atoms with Crippen LogP contribution in [0.4, 0.5) is 5.69 Å². The SMILES string of the molecule is CC[C@@H](C)NC(=O)[C@@H](Cc1ccccc1)N(Cc1cccc(C)c1)C(=O)CN(c1cc(Cl)ccc1OC)S(=O)(=O)c1ccc(C)cc1. The predicted molar refractivity (Wildman–Crippen MR) is 187 cm³/mol. The third-order valence-electron chi connectivity index (χ3n) is 8.00. The number of rotatable bonds is 14. The van der Waals surface area contributed by atoms with Crippen LogP contribution in [0.15, 0.2) is 102 Å². The summed E-state index contributed by atoms with van der Waals surface area (Å²) < 4.78 is 35.2. The molecule has 4 aromatic rings. The number of sulfonamides is 1. The van der Waals surface area contributed by atoms with Gasteiger partial charge in [0.25, 0.3) is 10.0 Å². The van der Waals surface area contributed by atoms with Gasteiger partial charge in [-0.3, -0.25) is 13.9 Å². The molecule has 0 bridgehead atoms. The van der Waals surface area contributed by atoms with E-state index in [2.05, 4.69) is 5.32 Å². The summed E-state index contributed by atoms with van der Waals surface area (Å²) in [5, 5.41) is 3.32. The molecule has 10 heteroatoms. The fraction of sp³-hybridized carbons (Fsp3) is 0.297. The zero-order valence-electron chi connectivity index (χ0n) is 27.4. The summed E-state index contributed by atoms with van der Waals surface area (Å²) in [7, 11) is -2.89. The highest BCUT2D eigenvalue weighted by Gasteiger charge is 2.36. The number of hydrogen-bond donors (Lipinski definition) is 1. The van der Waals surface area contributed by atoms with E-state index in [1.165, 1.54) is 30.2 Å². The van der Waals surface area contributed by atoms with Gasteiger partial charge in [0.2, 0.25) is 11.8 Å². The van der Waals surface area contributed by atoms with E-state index >= 15 is 0 Å². The minimum atomic E-state index is -4.31. The van der Waals surface area contributed by atoms with Crippen molar-refractivity contribution in [3.05, 3.63) is 124 Å². The molecule has 0 aliphatic carbocycles. The highest BCUT2D eigenvalue weighted by molar-refractivity contribution is 7.92. The van der Waals surface area contributed by atoms with Crippen molar-refractivity contribution in [1.29, 1.82) is 0 Å². The van der Waals surface area contributed by atoms with Crippen LogP contribution >= 0.6 is 11.6 Å². The first-order chi connectivity index (χ1) is 22.4. The maximum Gasteiger partial charge on any atom is 0.264 e. The molecule has 0 fully saturated rings. The second-order valence-corrected chi connectivity index (χ2v) is 14.0. The van der Waals surface area contributed by atoms with Gasteiger partial charge in [0.15, 0.2) is 0 Å². The third kappa shape index (κ3) is 9.14. The second-order valence-electron chi connectivity index (χ2n) is 11.7. The summed E-state index contributed by atoms with van der Waals surface area (Å²) in [4.78, 5) is 30.2. The Hall–Kier alpha value is -4.34. The van der Waals surface area contributed by atoms with Crippen LogP contribution in [-0.2, 0) is 32.6 Å².